The van der Waals surface area contributed by atoms with E-state index in [9.17, 15) is 10.1 Å². The minimum absolute atomic E-state index is 0.130. The van der Waals surface area contributed by atoms with Crippen LogP contribution in [0.15, 0.2) is 18.2 Å². The summed E-state index contributed by atoms with van der Waals surface area (Å²) < 4.78 is 5.65. The van der Waals surface area contributed by atoms with Crippen molar-refractivity contribution in [2.75, 3.05) is 32.1 Å². The number of ether oxygens (including phenoxy) is 1. The molecule has 0 bridgehead atoms. The van der Waals surface area contributed by atoms with Gasteiger partial charge < -0.3 is 10.1 Å². The highest BCUT2D eigenvalue weighted by Crippen LogP contribution is 2.29. The van der Waals surface area contributed by atoms with Gasteiger partial charge in [-0.25, -0.2) is 0 Å². The van der Waals surface area contributed by atoms with Crippen LogP contribution in [0.3, 0.4) is 0 Å². The predicted molar refractivity (Wildman–Crippen MR) is 78.0 cm³/mol. The van der Waals surface area contributed by atoms with Gasteiger partial charge in [0, 0.05) is 32.7 Å². The molecule has 20 heavy (non-hydrogen) atoms. The summed E-state index contributed by atoms with van der Waals surface area (Å²) in [7, 11) is 1.72. The lowest BCUT2D eigenvalue weighted by Crippen LogP contribution is -2.41. The van der Waals surface area contributed by atoms with Crippen molar-refractivity contribution in [1.29, 1.82) is 0 Å². The Bertz CT molecular complexity index is 479. The first-order valence-electron chi connectivity index (χ1n) is 6.93. The Balaban J connectivity index is 2.16. The monoisotopic (exact) mass is 279 g/mol. The maximum atomic E-state index is 11.1. The standard InChI is InChI=1S/C14H21N3O3/c1-3-12-10-16(7-8-20-12)9-11-5-4-6-13(17(18)19)14(11)15-2/h4-6,12,15H,3,7-10H2,1-2H3. The van der Waals surface area contributed by atoms with Crippen LogP contribution in [0.2, 0.25) is 0 Å². The number of anilines is 1. The molecule has 6 nitrogen and oxygen atoms in total. The highest BCUT2D eigenvalue weighted by molar-refractivity contribution is 5.66. The third-order valence-corrected chi connectivity index (χ3v) is 3.65. The smallest absolute Gasteiger partial charge is 0.292 e. The van der Waals surface area contributed by atoms with E-state index in [1.807, 2.05) is 6.07 Å². The maximum absolute atomic E-state index is 11.1. The number of nitrogens with one attached hydrogen (secondary N) is 1. The first kappa shape index (κ1) is 14.7. The molecule has 110 valence electrons. The molecule has 1 N–H and O–H groups in total. The summed E-state index contributed by atoms with van der Waals surface area (Å²) in [4.78, 5) is 13.0. The summed E-state index contributed by atoms with van der Waals surface area (Å²) in [5, 5.41) is 14.0. The number of benzene rings is 1. The van der Waals surface area contributed by atoms with Crippen LogP contribution in [0.1, 0.15) is 18.9 Å². The SMILES string of the molecule is CCC1CN(Cc2cccc([N+](=O)[O-])c2NC)CCO1. The quantitative estimate of drug-likeness (QED) is 0.661. The summed E-state index contributed by atoms with van der Waals surface area (Å²) in [6.45, 7) is 5.28. The topological polar surface area (TPSA) is 67.6 Å². The number of nitro benzene ring substituents is 1. The Morgan fingerprint density at radius 1 is 1.55 bits per heavy atom. The Kier molecular flexibility index (Phi) is 4.92. The van der Waals surface area contributed by atoms with Gasteiger partial charge in [0.2, 0.25) is 0 Å². The molecule has 0 saturated carbocycles. The maximum Gasteiger partial charge on any atom is 0.292 e. The lowest BCUT2D eigenvalue weighted by molar-refractivity contribution is -0.384. The van der Waals surface area contributed by atoms with Gasteiger partial charge in [-0.2, -0.15) is 0 Å². The molecule has 0 amide bonds. The first-order chi connectivity index (χ1) is 9.65. The molecular weight excluding hydrogens is 258 g/mol. The van der Waals surface area contributed by atoms with Crippen LogP contribution in [0.25, 0.3) is 0 Å². The molecule has 1 aliphatic rings. The van der Waals surface area contributed by atoms with E-state index in [1.165, 1.54) is 6.07 Å². The molecule has 1 aliphatic heterocycles. The summed E-state index contributed by atoms with van der Waals surface area (Å²) in [5.41, 5.74) is 1.70. The molecule has 0 spiro atoms. The molecule has 1 heterocycles. The number of morpholine rings is 1. The van der Waals surface area contributed by atoms with E-state index in [1.54, 1.807) is 13.1 Å². The van der Waals surface area contributed by atoms with Crippen LogP contribution >= 0.6 is 0 Å². The van der Waals surface area contributed by atoms with Gasteiger partial charge in [0.1, 0.15) is 5.69 Å². The van der Waals surface area contributed by atoms with Gasteiger partial charge in [0.25, 0.3) is 5.69 Å². The second-order valence-electron chi connectivity index (χ2n) is 4.95. The van der Waals surface area contributed by atoms with Crippen molar-refractivity contribution >= 4 is 11.4 Å². The number of rotatable bonds is 5. The van der Waals surface area contributed by atoms with Crippen LogP contribution in [0, 0.1) is 10.1 Å². The Hall–Kier alpha value is -1.66. The zero-order valence-electron chi connectivity index (χ0n) is 12.0. The summed E-state index contributed by atoms with van der Waals surface area (Å²) >= 11 is 0. The molecule has 1 unspecified atom stereocenters. The largest absolute Gasteiger partial charge is 0.382 e. The number of para-hydroxylation sites is 1. The lowest BCUT2D eigenvalue weighted by atomic mass is 10.1. The third kappa shape index (κ3) is 3.26. The molecule has 1 atom stereocenters. The number of hydrogen-bond donors (Lipinski definition) is 1. The molecule has 6 heteroatoms. The zero-order valence-corrected chi connectivity index (χ0v) is 12.0. The van der Waals surface area contributed by atoms with Crippen molar-refractivity contribution in [2.45, 2.75) is 26.0 Å². The average Bonchev–Trinajstić information content (AvgIpc) is 2.47. The highest BCUT2D eigenvalue weighted by Gasteiger charge is 2.22. The first-order valence-corrected chi connectivity index (χ1v) is 6.93. The Morgan fingerprint density at radius 2 is 2.35 bits per heavy atom. The van der Waals surface area contributed by atoms with Crippen molar-refractivity contribution in [1.82, 2.24) is 4.90 Å². The van der Waals surface area contributed by atoms with Crippen molar-refractivity contribution in [2.24, 2.45) is 0 Å². The molecule has 1 fully saturated rings. The van der Waals surface area contributed by atoms with Crippen LogP contribution in [0.4, 0.5) is 11.4 Å². The van der Waals surface area contributed by atoms with E-state index in [2.05, 4.69) is 17.1 Å². The van der Waals surface area contributed by atoms with E-state index < -0.39 is 0 Å². The van der Waals surface area contributed by atoms with Gasteiger partial charge in [0.05, 0.1) is 17.6 Å². The second-order valence-corrected chi connectivity index (χ2v) is 4.95. The lowest BCUT2D eigenvalue weighted by Gasteiger charge is -2.32. The van der Waals surface area contributed by atoms with E-state index in [4.69, 9.17) is 4.74 Å². The number of nitrogens with zero attached hydrogens (tertiary/aromatic N) is 2. The molecule has 1 aromatic carbocycles. The van der Waals surface area contributed by atoms with E-state index in [0.717, 1.165) is 31.7 Å². The predicted octanol–water partition coefficient (Wildman–Crippen LogP) is 2.25. The van der Waals surface area contributed by atoms with Crippen molar-refractivity contribution in [3.63, 3.8) is 0 Å². The van der Waals surface area contributed by atoms with Crippen molar-refractivity contribution in [3.05, 3.63) is 33.9 Å². The van der Waals surface area contributed by atoms with Gasteiger partial charge in [0.15, 0.2) is 0 Å². The minimum atomic E-state index is -0.344. The molecule has 2 rings (SSSR count). The van der Waals surface area contributed by atoms with Crippen LogP contribution in [-0.4, -0.2) is 42.7 Å². The molecule has 0 radical (unpaired) electrons. The second kappa shape index (κ2) is 6.67. The van der Waals surface area contributed by atoms with Crippen molar-refractivity contribution in [3.8, 4) is 0 Å². The van der Waals surface area contributed by atoms with Gasteiger partial charge in [-0.3, -0.25) is 15.0 Å². The fourth-order valence-electron chi connectivity index (χ4n) is 2.57. The summed E-state index contributed by atoms with van der Waals surface area (Å²) in [6, 6.07) is 5.21. The molecule has 0 aliphatic carbocycles. The van der Waals surface area contributed by atoms with E-state index in [0.29, 0.717) is 12.2 Å². The minimum Gasteiger partial charge on any atom is -0.382 e. The van der Waals surface area contributed by atoms with E-state index >= 15 is 0 Å². The Morgan fingerprint density at radius 3 is 3.00 bits per heavy atom. The van der Waals surface area contributed by atoms with Gasteiger partial charge in [-0.05, 0) is 12.0 Å². The molecule has 1 aromatic rings. The van der Waals surface area contributed by atoms with E-state index in [-0.39, 0.29) is 16.7 Å². The van der Waals surface area contributed by atoms with Gasteiger partial charge in [-0.1, -0.05) is 19.1 Å². The van der Waals surface area contributed by atoms with Gasteiger partial charge in [-0.15, -0.1) is 0 Å². The number of nitro groups is 1. The zero-order chi connectivity index (χ0) is 14.5. The molecule has 1 saturated heterocycles. The summed E-state index contributed by atoms with van der Waals surface area (Å²) in [5.74, 6) is 0. The third-order valence-electron chi connectivity index (χ3n) is 3.65. The average molecular weight is 279 g/mol. The number of hydrogen-bond acceptors (Lipinski definition) is 5. The van der Waals surface area contributed by atoms with Crippen LogP contribution in [-0.2, 0) is 11.3 Å². The normalized spacial score (nSPS) is 19.8. The molecule has 0 aromatic heterocycles. The van der Waals surface area contributed by atoms with Crippen molar-refractivity contribution < 1.29 is 9.66 Å². The Labute approximate surface area is 118 Å². The highest BCUT2D eigenvalue weighted by atomic mass is 16.6. The van der Waals surface area contributed by atoms with Crippen LogP contribution < -0.4 is 5.32 Å². The summed E-state index contributed by atoms with van der Waals surface area (Å²) in [6.07, 6.45) is 1.25. The molecular formula is C14H21N3O3. The fraction of sp³-hybridized carbons (Fsp3) is 0.571. The fourth-order valence-corrected chi connectivity index (χ4v) is 2.57. The van der Waals surface area contributed by atoms with Crippen LogP contribution in [0.5, 0.6) is 0 Å². The van der Waals surface area contributed by atoms with Gasteiger partial charge >= 0.3 is 0 Å².